The molecule has 0 aliphatic carbocycles. The average Bonchev–Trinajstić information content (AvgIpc) is 2.43. The minimum atomic E-state index is 0.262. The maximum Gasteiger partial charge on any atom is 0.216 e. The molecular formula is C10H13N2O. The lowest BCUT2D eigenvalue weighted by Gasteiger charge is -2.10. The fourth-order valence-corrected chi connectivity index (χ4v) is 1.03. The molecule has 0 spiro atoms. The first kappa shape index (κ1) is 9.66. The van der Waals surface area contributed by atoms with Gasteiger partial charge in [0.25, 0.3) is 0 Å². The lowest BCUT2D eigenvalue weighted by molar-refractivity contribution is 0.312. The lowest BCUT2D eigenvalue weighted by Crippen LogP contribution is -2.07. The average molecular weight is 177 g/mol. The molecule has 0 unspecified atom stereocenters. The van der Waals surface area contributed by atoms with Crippen LogP contribution >= 0.6 is 0 Å². The Bertz CT molecular complexity index is 320. The zero-order valence-corrected chi connectivity index (χ0v) is 8.16. The Morgan fingerprint density at radius 1 is 1.69 bits per heavy atom. The third kappa shape index (κ3) is 2.03. The van der Waals surface area contributed by atoms with E-state index in [1.807, 2.05) is 20.8 Å². The molecule has 1 rings (SSSR count). The second-order valence-electron chi connectivity index (χ2n) is 3.07. The first-order valence-electron chi connectivity index (χ1n) is 4.20. The molecule has 0 aliphatic heterocycles. The topological polar surface area (TPSA) is 27.1 Å². The number of aryl methyl sites for hydroxylation is 1. The summed E-state index contributed by atoms with van der Waals surface area (Å²) in [5, 5.41) is 4.07. The minimum absolute atomic E-state index is 0.262. The number of aromatic nitrogens is 2. The van der Waals surface area contributed by atoms with Crippen molar-refractivity contribution >= 4 is 0 Å². The van der Waals surface area contributed by atoms with Crippen LogP contribution in [0.4, 0.5) is 0 Å². The van der Waals surface area contributed by atoms with Crippen molar-refractivity contribution in [1.82, 2.24) is 9.78 Å². The van der Waals surface area contributed by atoms with Crippen LogP contribution in [0.3, 0.4) is 0 Å². The normalized spacial score (nSPS) is 10.1. The fraction of sp³-hybridized carbons (Fsp3) is 0.500. The fourth-order valence-electron chi connectivity index (χ4n) is 1.03. The number of nitrogens with zero attached hydrogens (tertiary/aromatic N) is 2. The van der Waals surface area contributed by atoms with Crippen LogP contribution in [0, 0.1) is 25.5 Å². The highest BCUT2D eigenvalue weighted by Gasteiger charge is 2.10. The second-order valence-corrected chi connectivity index (χ2v) is 3.07. The summed E-state index contributed by atoms with van der Waals surface area (Å²) in [7, 11) is 0. The summed E-state index contributed by atoms with van der Waals surface area (Å²) < 4.78 is 7.12. The highest BCUT2D eigenvalue weighted by atomic mass is 16.5. The van der Waals surface area contributed by atoms with Gasteiger partial charge >= 0.3 is 0 Å². The largest absolute Gasteiger partial charge is 0.464 e. The molecule has 0 amide bonds. The van der Waals surface area contributed by atoms with Crippen molar-refractivity contribution in [3.63, 3.8) is 0 Å². The van der Waals surface area contributed by atoms with Gasteiger partial charge in [0, 0.05) is 5.56 Å². The third-order valence-electron chi connectivity index (χ3n) is 1.64. The first-order chi connectivity index (χ1) is 6.16. The van der Waals surface area contributed by atoms with Crippen molar-refractivity contribution in [2.24, 2.45) is 0 Å². The standard InChI is InChI=1S/C10H13N2O/c1-5-6-13-10-9(4)7-11-12(10)8(2)3/h1,8H,6H2,2-4H3. The second kappa shape index (κ2) is 3.99. The number of rotatable bonds is 3. The molecule has 0 aliphatic rings. The number of terminal acetylenes is 1. The molecule has 13 heavy (non-hydrogen) atoms. The van der Waals surface area contributed by atoms with E-state index in [1.54, 1.807) is 4.68 Å². The van der Waals surface area contributed by atoms with Crippen molar-refractivity contribution < 1.29 is 4.74 Å². The van der Waals surface area contributed by atoms with Gasteiger partial charge in [-0.25, -0.2) is 4.68 Å². The number of hydrogen-bond acceptors (Lipinski definition) is 2. The van der Waals surface area contributed by atoms with Crippen LogP contribution in [0.2, 0.25) is 0 Å². The van der Waals surface area contributed by atoms with Gasteiger partial charge in [0.05, 0.1) is 6.04 Å². The van der Waals surface area contributed by atoms with E-state index in [4.69, 9.17) is 11.2 Å². The third-order valence-corrected chi connectivity index (χ3v) is 1.64. The Hall–Kier alpha value is -1.43. The minimum Gasteiger partial charge on any atom is -0.464 e. The molecule has 3 nitrogen and oxygen atoms in total. The Labute approximate surface area is 78.7 Å². The smallest absolute Gasteiger partial charge is 0.216 e. The quantitative estimate of drug-likeness (QED) is 0.655. The van der Waals surface area contributed by atoms with E-state index in [-0.39, 0.29) is 12.6 Å². The van der Waals surface area contributed by atoms with Gasteiger partial charge in [-0.1, -0.05) is 5.92 Å². The Kier molecular flexibility index (Phi) is 2.97. The molecular weight excluding hydrogens is 164 g/mol. The van der Waals surface area contributed by atoms with Crippen molar-refractivity contribution in [2.45, 2.75) is 26.8 Å². The molecule has 3 heteroatoms. The highest BCUT2D eigenvalue weighted by Crippen LogP contribution is 2.20. The maximum atomic E-state index is 5.35. The maximum absolute atomic E-state index is 5.35. The monoisotopic (exact) mass is 177 g/mol. The van der Waals surface area contributed by atoms with Crippen LogP contribution in [-0.4, -0.2) is 16.4 Å². The molecule has 0 saturated heterocycles. The van der Waals surface area contributed by atoms with Gasteiger partial charge in [0.2, 0.25) is 5.88 Å². The molecule has 0 saturated carbocycles. The Morgan fingerprint density at radius 2 is 2.38 bits per heavy atom. The van der Waals surface area contributed by atoms with Crippen LogP contribution < -0.4 is 4.74 Å². The molecule has 0 bridgehead atoms. The zero-order chi connectivity index (χ0) is 9.84. The summed E-state index contributed by atoms with van der Waals surface area (Å²) in [6, 6.07) is 0.262. The van der Waals surface area contributed by atoms with Gasteiger partial charge in [0.1, 0.15) is 6.20 Å². The summed E-state index contributed by atoms with van der Waals surface area (Å²) in [4.78, 5) is 0. The van der Waals surface area contributed by atoms with Crippen LogP contribution in [-0.2, 0) is 0 Å². The molecule has 0 aromatic carbocycles. The summed E-state index contributed by atoms with van der Waals surface area (Å²) in [6.07, 6.45) is 7.95. The Balaban J connectivity index is 2.89. The molecule has 1 aromatic rings. The number of ether oxygens (including phenoxy) is 1. The van der Waals surface area contributed by atoms with Gasteiger partial charge in [-0.2, -0.15) is 5.10 Å². The van der Waals surface area contributed by atoms with Crippen molar-refractivity contribution in [1.29, 1.82) is 0 Å². The van der Waals surface area contributed by atoms with Crippen LogP contribution in [0.5, 0.6) is 5.88 Å². The van der Waals surface area contributed by atoms with Gasteiger partial charge in [0.15, 0.2) is 6.61 Å². The van der Waals surface area contributed by atoms with Gasteiger partial charge in [-0.3, -0.25) is 0 Å². The Morgan fingerprint density at radius 3 is 2.92 bits per heavy atom. The van der Waals surface area contributed by atoms with Gasteiger partial charge < -0.3 is 4.74 Å². The molecule has 1 aromatic heterocycles. The van der Waals surface area contributed by atoms with Crippen LogP contribution in [0.15, 0.2) is 0 Å². The number of hydrogen-bond donors (Lipinski definition) is 0. The van der Waals surface area contributed by atoms with Gasteiger partial charge in [-0.05, 0) is 20.8 Å². The molecule has 1 radical (unpaired) electrons. The summed E-state index contributed by atoms with van der Waals surface area (Å²) in [5.74, 6) is 3.14. The zero-order valence-electron chi connectivity index (χ0n) is 8.16. The van der Waals surface area contributed by atoms with E-state index in [9.17, 15) is 0 Å². The van der Waals surface area contributed by atoms with E-state index in [2.05, 4.69) is 17.2 Å². The van der Waals surface area contributed by atoms with E-state index in [0.717, 1.165) is 5.56 Å². The molecule has 0 fully saturated rings. The summed E-state index contributed by atoms with van der Waals surface area (Å²) in [5.41, 5.74) is 0.893. The van der Waals surface area contributed by atoms with E-state index in [0.29, 0.717) is 5.88 Å². The predicted octanol–water partition coefficient (Wildman–Crippen LogP) is 1.58. The molecule has 0 N–H and O–H groups in total. The highest BCUT2D eigenvalue weighted by molar-refractivity contribution is 5.22. The van der Waals surface area contributed by atoms with E-state index in [1.165, 1.54) is 0 Å². The SMILES string of the molecule is C#CCOc1c(C)[c]nn1C(C)C. The lowest BCUT2D eigenvalue weighted by atomic mass is 10.3. The van der Waals surface area contributed by atoms with Crippen LogP contribution in [0.25, 0.3) is 0 Å². The van der Waals surface area contributed by atoms with Crippen molar-refractivity contribution in [2.75, 3.05) is 6.61 Å². The molecule has 69 valence electrons. The van der Waals surface area contributed by atoms with E-state index >= 15 is 0 Å². The predicted molar refractivity (Wildman–Crippen MR) is 50.5 cm³/mol. The van der Waals surface area contributed by atoms with Crippen LogP contribution in [0.1, 0.15) is 25.5 Å². The first-order valence-corrected chi connectivity index (χ1v) is 4.20. The van der Waals surface area contributed by atoms with Gasteiger partial charge in [-0.15, -0.1) is 6.42 Å². The van der Waals surface area contributed by atoms with Crippen molar-refractivity contribution in [3.8, 4) is 18.2 Å². The summed E-state index contributed by atoms with van der Waals surface area (Å²) >= 11 is 0. The molecule has 1 heterocycles. The molecule has 0 atom stereocenters. The summed E-state index contributed by atoms with van der Waals surface area (Å²) in [6.45, 7) is 6.23. The van der Waals surface area contributed by atoms with E-state index < -0.39 is 0 Å². The van der Waals surface area contributed by atoms with Crippen molar-refractivity contribution in [3.05, 3.63) is 11.8 Å².